The minimum absolute atomic E-state index is 0.141. The zero-order valence-corrected chi connectivity index (χ0v) is 10.2. The fraction of sp³-hybridized carbons (Fsp3) is 0.600. The predicted molar refractivity (Wildman–Crippen MR) is 62.7 cm³/mol. The normalized spacial score (nSPS) is 12.2. The maximum absolute atomic E-state index is 13.4. The van der Waals surface area contributed by atoms with Crippen molar-refractivity contribution in [3.63, 3.8) is 0 Å². The third-order valence-corrected chi connectivity index (χ3v) is 2.15. The van der Waals surface area contributed by atoms with Crippen molar-refractivity contribution in [3.8, 4) is 0 Å². The van der Waals surface area contributed by atoms with Gasteiger partial charge in [-0.2, -0.15) is 4.98 Å². The summed E-state index contributed by atoms with van der Waals surface area (Å²) < 4.78 is 23.5. The van der Waals surface area contributed by atoms with Gasteiger partial charge in [0.2, 0.25) is 5.95 Å². The fourth-order valence-electron chi connectivity index (χ4n) is 1.22. The number of nitrogens with zero attached hydrogens (tertiary/aromatic N) is 2. The first-order valence-electron chi connectivity index (χ1n) is 5.17. The highest BCUT2D eigenvalue weighted by Gasteiger charge is 2.10. The van der Waals surface area contributed by atoms with Crippen LogP contribution in [-0.2, 0) is 9.47 Å². The zero-order chi connectivity index (χ0) is 12.7. The van der Waals surface area contributed by atoms with Gasteiger partial charge in [0.15, 0.2) is 11.6 Å². The Hall–Kier alpha value is -1.47. The second kappa shape index (κ2) is 6.97. The SMILES string of the molecule is CNc1ncc(F)c(NCC(COC)OC)n1. The minimum Gasteiger partial charge on any atom is -0.382 e. The zero-order valence-electron chi connectivity index (χ0n) is 10.2. The first-order valence-corrected chi connectivity index (χ1v) is 5.17. The van der Waals surface area contributed by atoms with Crippen LogP contribution in [-0.4, -0.2) is 50.5 Å². The molecule has 6 nitrogen and oxygen atoms in total. The maximum Gasteiger partial charge on any atom is 0.224 e. The summed E-state index contributed by atoms with van der Waals surface area (Å²) in [6.07, 6.45) is 0.951. The van der Waals surface area contributed by atoms with Gasteiger partial charge in [-0.25, -0.2) is 9.37 Å². The standard InChI is InChI=1S/C10H17FN4O2/c1-12-10-14-5-8(11)9(15-10)13-4-7(17-3)6-16-2/h5,7H,4,6H2,1-3H3,(H2,12,13,14,15). The van der Waals surface area contributed by atoms with Crippen LogP contribution in [0.15, 0.2) is 6.20 Å². The van der Waals surface area contributed by atoms with Gasteiger partial charge in [0, 0.05) is 27.8 Å². The lowest BCUT2D eigenvalue weighted by molar-refractivity contribution is 0.0365. The molecule has 0 aliphatic rings. The summed E-state index contributed by atoms with van der Waals surface area (Å²) >= 11 is 0. The van der Waals surface area contributed by atoms with E-state index in [1.807, 2.05) is 0 Å². The molecule has 1 aromatic rings. The van der Waals surface area contributed by atoms with E-state index in [-0.39, 0.29) is 11.9 Å². The molecule has 0 bridgehead atoms. The quantitative estimate of drug-likeness (QED) is 0.737. The van der Waals surface area contributed by atoms with Crippen LogP contribution in [0.25, 0.3) is 0 Å². The van der Waals surface area contributed by atoms with Crippen molar-refractivity contribution in [2.45, 2.75) is 6.10 Å². The molecule has 96 valence electrons. The highest BCUT2D eigenvalue weighted by molar-refractivity contribution is 5.40. The number of ether oxygens (including phenoxy) is 2. The fourth-order valence-corrected chi connectivity index (χ4v) is 1.22. The lowest BCUT2D eigenvalue weighted by Crippen LogP contribution is -2.27. The molecule has 1 heterocycles. The Kier molecular flexibility index (Phi) is 5.58. The molecule has 0 aromatic carbocycles. The van der Waals surface area contributed by atoms with Gasteiger partial charge in [-0.05, 0) is 0 Å². The maximum atomic E-state index is 13.4. The van der Waals surface area contributed by atoms with Gasteiger partial charge < -0.3 is 20.1 Å². The number of nitrogens with one attached hydrogen (secondary N) is 2. The molecule has 1 atom stereocenters. The summed E-state index contributed by atoms with van der Waals surface area (Å²) in [6.45, 7) is 0.830. The third-order valence-electron chi connectivity index (χ3n) is 2.15. The van der Waals surface area contributed by atoms with Gasteiger partial charge in [0.25, 0.3) is 0 Å². The van der Waals surface area contributed by atoms with Crippen molar-refractivity contribution in [2.75, 3.05) is 45.1 Å². The van der Waals surface area contributed by atoms with Crippen molar-refractivity contribution < 1.29 is 13.9 Å². The van der Waals surface area contributed by atoms with Crippen LogP contribution >= 0.6 is 0 Å². The molecule has 1 rings (SSSR count). The van der Waals surface area contributed by atoms with E-state index in [0.717, 1.165) is 6.20 Å². The molecule has 1 unspecified atom stereocenters. The van der Waals surface area contributed by atoms with E-state index in [9.17, 15) is 4.39 Å². The molecule has 0 aliphatic carbocycles. The van der Waals surface area contributed by atoms with E-state index in [1.54, 1.807) is 21.3 Å². The first-order chi connectivity index (χ1) is 8.21. The lowest BCUT2D eigenvalue weighted by atomic mass is 10.3. The molecule has 0 spiro atoms. The van der Waals surface area contributed by atoms with E-state index in [2.05, 4.69) is 20.6 Å². The minimum atomic E-state index is -0.503. The van der Waals surface area contributed by atoms with Gasteiger partial charge in [-0.15, -0.1) is 0 Å². The molecule has 1 aromatic heterocycles. The molecule has 0 aliphatic heterocycles. The average molecular weight is 244 g/mol. The summed E-state index contributed by atoms with van der Waals surface area (Å²) in [6, 6.07) is 0. The van der Waals surface area contributed by atoms with Crippen molar-refractivity contribution in [2.24, 2.45) is 0 Å². The smallest absolute Gasteiger partial charge is 0.224 e. The first kappa shape index (κ1) is 13.6. The highest BCUT2D eigenvalue weighted by atomic mass is 19.1. The molecule has 0 saturated carbocycles. The van der Waals surface area contributed by atoms with Crippen LogP contribution in [0.1, 0.15) is 0 Å². The molecule has 2 N–H and O–H groups in total. The Morgan fingerprint density at radius 2 is 2.24 bits per heavy atom. The van der Waals surface area contributed by atoms with E-state index in [0.29, 0.717) is 19.1 Å². The monoisotopic (exact) mass is 244 g/mol. The van der Waals surface area contributed by atoms with Crippen LogP contribution < -0.4 is 10.6 Å². The Labute approximate surface area is 99.6 Å². The van der Waals surface area contributed by atoms with Crippen LogP contribution in [0.4, 0.5) is 16.2 Å². The molecular weight excluding hydrogens is 227 g/mol. The van der Waals surface area contributed by atoms with Crippen LogP contribution in [0, 0.1) is 5.82 Å². The van der Waals surface area contributed by atoms with E-state index in [4.69, 9.17) is 9.47 Å². The Balaban J connectivity index is 2.60. The van der Waals surface area contributed by atoms with Gasteiger partial charge in [0.05, 0.1) is 18.9 Å². The van der Waals surface area contributed by atoms with Crippen molar-refractivity contribution >= 4 is 11.8 Å². The molecule has 0 saturated heterocycles. The Morgan fingerprint density at radius 1 is 1.47 bits per heavy atom. The van der Waals surface area contributed by atoms with Crippen LogP contribution in [0.2, 0.25) is 0 Å². The Bertz CT molecular complexity index is 351. The molecular formula is C10H17FN4O2. The molecule has 0 radical (unpaired) electrons. The summed E-state index contributed by atoms with van der Waals surface area (Å²) in [4.78, 5) is 7.70. The molecule has 17 heavy (non-hydrogen) atoms. The van der Waals surface area contributed by atoms with Gasteiger partial charge in [-0.1, -0.05) is 0 Å². The highest BCUT2D eigenvalue weighted by Crippen LogP contribution is 2.11. The summed E-state index contributed by atoms with van der Waals surface area (Å²) in [7, 11) is 4.82. The average Bonchev–Trinajstić information content (AvgIpc) is 2.36. The van der Waals surface area contributed by atoms with E-state index >= 15 is 0 Å². The van der Waals surface area contributed by atoms with Gasteiger partial charge >= 0.3 is 0 Å². The van der Waals surface area contributed by atoms with Crippen molar-refractivity contribution in [3.05, 3.63) is 12.0 Å². The largest absolute Gasteiger partial charge is 0.382 e. The topological polar surface area (TPSA) is 68.3 Å². The number of anilines is 2. The molecule has 0 amide bonds. The number of methoxy groups -OCH3 is 2. The number of rotatable bonds is 7. The van der Waals surface area contributed by atoms with E-state index in [1.165, 1.54) is 0 Å². The number of hydrogen-bond acceptors (Lipinski definition) is 6. The predicted octanol–water partition coefficient (Wildman–Crippen LogP) is 0.731. The number of hydrogen-bond donors (Lipinski definition) is 2. The van der Waals surface area contributed by atoms with Gasteiger partial charge in [-0.3, -0.25) is 0 Å². The second-order valence-electron chi connectivity index (χ2n) is 3.33. The summed E-state index contributed by atoms with van der Waals surface area (Å²) in [5.74, 6) is -0.00613. The molecule has 0 fully saturated rings. The lowest BCUT2D eigenvalue weighted by Gasteiger charge is -2.15. The number of halogens is 1. The molecule has 7 heteroatoms. The Morgan fingerprint density at radius 3 is 2.82 bits per heavy atom. The second-order valence-corrected chi connectivity index (χ2v) is 3.33. The van der Waals surface area contributed by atoms with Crippen LogP contribution in [0.3, 0.4) is 0 Å². The van der Waals surface area contributed by atoms with Crippen molar-refractivity contribution in [1.82, 2.24) is 9.97 Å². The third kappa shape index (κ3) is 4.12. The number of aromatic nitrogens is 2. The summed E-state index contributed by atoms with van der Waals surface area (Å²) in [5, 5.41) is 5.59. The summed E-state index contributed by atoms with van der Waals surface area (Å²) in [5.41, 5.74) is 0. The van der Waals surface area contributed by atoms with E-state index < -0.39 is 5.82 Å². The van der Waals surface area contributed by atoms with Crippen molar-refractivity contribution in [1.29, 1.82) is 0 Å². The van der Waals surface area contributed by atoms with Gasteiger partial charge in [0.1, 0.15) is 0 Å². The van der Waals surface area contributed by atoms with Crippen LogP contribution in [0.5, 0.6) is 0 Å².